The van der Waals surface area contributed by atoms with E-state index < -0.39 is 5.91 Å². The lowest BCUT2D eigenvalue weighted by molar-refractivity contribution is 0.100. The SMILES string of the molecule is NCC1CCCCC1Nc1ccc(Cl)cc1C(N)=O. The summed E-state index contributed by atoms with van der Waals surface area (Å²) in [6, 6.07) is 5.48. The van der Waals surface area contributed by atoms with Crippen molar-refractivity contribution in [2.45, 2.75) is 31.7 Å². The average molecular weight is 282 g/mol. The van der Waals surface area contributed by atoms with Crippen LogP contribution in [0.5, 0.6) is 0 Å². The number of nitrogens with one attached hydrogen (secondary N) is 1. The highest BCUT2D eigenvalue weighted by Crippen LogP contribution is 2.28. The molecule has 0 bridgehead atoms. The van der Waals surface area contributed by atoms with Gasteiger partial charge in [-0.05, 0) is 43.5 Å². The monoisotopic (exact) mass is 281 g/mol. The Morgan fingerprint density at radius 1 is 1.37 bits per heavy atom. The van der Waals surface area contributed by atoms with Crippen molar-refractivity contribution in [3.8, 4) is 0 Å². The van der Waals surface area contributed by atoms with Crippen LogP contribution in [0.2, 0.25) is 5.02 Å². The molecule has 0 heterocycles. The molecule has 0 saturated heterocycles. The van der Waals surface area contributed by atoms with Crippen LogP contribution >= 0.6 is 11.6 Å². The van der Waals surface area contributed by atoms with Crippen molar-refractivity contribution in [2.75, 3.05) is 11.9 Å². The molecule has 1 aromatic carbocycles. The van der Waals surface area contributed by atoms with Crippen LogP contribution < -0.4 is 16.8 Å². The molecule has 1 aliphatic rings. The maximum atomic E-state index is 11.5. The largest absolute Gasteiger partial charge is 0.381 e. The summed E-state index contributed by atoms with van der Waals surface area (Å²) >= 11 is 5.90. The number of hydrogen-bond donors (Lipinski definition) is 3. The van der Waals surface area contributed by atoms with Crippen LogP contribution in [0.4, 0.5) is 5.69 Å². The first-order valence-corrected chi connectivity index (χ1v) is 7.05. The van der Waals surface area contributed by atoms with Gasteiger partial charge in [0.25, 0.3) is 5.91 Å². The van der Waals surface area contributed by atoms with Crippen LogP contribution in [0.25, 0.3) is 0 Å². The van der Waals surface area contributed by atoms with Gasteiger partial charge in [-0.1, -0.05) is 24.4 Å². The quantitative estimate of drug-likeness (QED) is 0.792. The Kier molecular flexibility index (Phi) is 4.66. The molecule has 1 fully saturated rings. The molecular formula is C14H20ClN3O. The predicted octanol–water partition coefficient (Wildman–Crippen LogP) is 2.37. The van der Waals surface area contributed by atoms with Gasteiger partial charge in [0, 0.05) is 16.8 Å². The van der Waals surface area contributed by atoms with E-state index in [1.807, 2.05) is 6.07 Å². The molecule has 2 atom stereocenters. The zero-order valence-corrected chi connectivity index (χ0v) is 11.6. The van der Waals surface area contributed by atoms with Gasteiger partial charge in [-0.25, -0.2) is 0 Å². The van der Waals surface area contributed by atoms with E-state index in [2.05, 4.69) is 5.32 Å². The zero-order valence-electron chi connectivity index (χ0n) is 10.9. The number of halogens is 1. The number of carbonyl (C=O) groups excluding carboxylic acids is 1. The molecule has 1 aromatic rings. The van der Waals surface area contributed by atoms with Gasteiger partial charge in [-0.2, -0.15) is 0 Å². The van der Waals surface area contributed by atoms with Crippen molar-refractivity contribution in [1.29, 1.82) is 0 Å². The van der Waals surface area contributed by atoms with Crippen molar-refractivity contribution in [1.82, 2.24) is 0 Å². The standard InChI is InChI=1S/C14H20ClN3O/c15-10-5-6-13(11(7-10)14(17)19)18-12-4-2-1-3-9(12)8-16/h5-7,9,12,18H,1-4,8,16H2,(H2,17,19). The Balaban J connectivity index is 2.20. The highest BCUT2D eigenvalue weighted by Gasteiger charge is 2.24. The third kappa shape index (κ3) is 3.39. The number of anilines is 1. The Morgan fingerprint density at radius 3 is 2.79 bits per heavy atom. The number of benzene rings is 1. The fraction of sp³-hybridized carbons (Fsp3) is 0.500. The summed E-state index contributed by atoms with van der Waals surface area (Å²) in [7, 11) is 0. The highest BCUT2D eigenvalue weighted by atomic mass is 35.5. The van der Waals surface area contributed by atoms with Crippen LogP contribution in [-0.2, 0) is 0 Å². The molecule has 0 radical (unpaired) electrons. The Labute approximate surface area is 118 Å². The van der Waals surface area contributed by atoms with E-state index in [9.17, 15) is 4.79 Å². The van der Waals surface area contributed by atoms with E-state index >= 15 is 0 Å². The molecule has 4 nitrogen and oxygen atoms in total. The minimum absolute atomic E-state index is 0.304. The molecule has 1 amide bonds. The highest BCUT2D eigenvalue weighted by molar-refractivity contribution is 6.31. The van der Waals surface area contributed by atoms with Crippen LogP contribution in [0.15, 0.2) is 18.2 Å². The fourth-order valence-electron chi connectivity index (χ4n) is 2.73. The molecule has 2 rings (SSSR count). The number of rotatable bonds is 4. The second-order valence-corrected chi connectivity index (χ2v) is 5.52. The number of hydrogen-bond acceptors (Lipinski definition) is 3. The third-order valence-electron chi connectivity index (χ3n) is 3.80. The van der Waals surface area contributed by atoms with Gasteiger partial charge in [-0.3, -0.25) is 4.79 Å². The maximum Gasteiger partial charge on any atom is 0.250 e. The summed E-state index contributed by atoms with van der Waals surface area (Å²) in [5.41, 5.74) is 12.4. The number of nitrogens with two attached hydrogens (primary N) is 2. The summed E-state index contributed by atoms with van der Waals surface area (Å²) in [4.78, 5) is 11.5. The minimum Gasteiger partial charge on any atom is -0.381 e. The molecule has 1 aliphatic carbocycles. The lowest BCUT2D eigenvalue weighted by atomic mass is 9.84. The Hall–Kier alpha value is -1.26. The van der Waals surface area contributed by atoms with E-state index in [0.717, 1.165) is 18.5 Å². The van der Waals surface area contributed by atoms with Gasteiger partial charge in [0.1, 0.15) is 0 Å². The zero-order chi connectivity index (χ0) is 13.8. The van der Waals surface area contributed by atoms with Crippen LogP contribution in [-0.4, -0.2) is 18.5 Å². The van der Waals surface area contributed by atoms with Crippen LogP contribution in [0, 0.1) is 5.92 Å². The smallest absolute Gasteiger partial charge is 0.250 e. The molecule has 19 heavy (non-hydrogen) atoms. The summed E-state index contributed by atoms with van der Waals surface area (Å²) in [6.07, 6.45) is 4.62. The second-order valence-electron chi connectivity index (χ2n) is 5.09. The lowest BCUT2D eigenvalue weighted by Crippen LogP contribution is -2.37. The average Bonchev–Trinajstić information content (AvgIpc) is 2.41. The summed E-state index contributed by atoms with van der Waals surface area (Å²) in [6.45, 7) is 0.664. The molecule has 0 aliphatic heterocycles. The summed E-state index contributed by atoms with van der Waals surface area (Å²) in [5, 5.41) is 3.93. The molecule has 5 N–H and O–H groups in total. The topological polar surface area (TPSA) is 81.1 Å². The number of amides is 1. The normalized spacial score (nSPS) is 23.1. The van der Waals surface area contributed by atoms with Crippen molar-refractivity contribution >= 4 is 23.2 Å². The first kappa shape index (κ1) is 14.2. The van der Waals surface area contributed by atoms with E-state index in [-0.39, 0.29) is 0 Å². The molecule has 5 heteroatoms. The van der Waals surface area contributed by atoms with Gasteiger partial charge in [-0.15, -0.1) is 0 Å². The molecule has 2 unspecified atom stereocenters. The molecule has 104 valence electrons. The first-order valence-electron chi connectivity index (χ1n) is 6.67. The lowest BCUT2D eigenvalue weighted by Gasteiger charge is -2.32. The third-order valence-corrected chi connectivity index (χ3v) is 4.03. The van der Waals surface area contributed by atoms with Gasteiger partial charge >= 0.3 is 0 Å². The minimum atomic E-state index is -0.467. The van der Waals surface area contributed by atoms with Crippen molar-refractivity contribution in [2.24, 2.45) is 17.4 Å². The van der Waals surface area contributed by atoms with Crippen LogP contribution in [0.1, 0.15) is 36.0 Å². The van der Waals surface area contributed by atoms with Gasteiger partial charge < -0.3 is 16.8 Å². The molecule has 1 saturated carbocycles. The van der Waals surface area contributed by atoms with Gasteiger partial charge in [0.15, 0.2) is 0 Å². The Morgan fingerprint density at radius 2 is 2.11 bits per heavy atom. The van der Waals surface area contributed by atoms with E-state index in [1.165, 1.54) is 12.8 Å². The summed E-state index contributed by atoms with van der Waals surface area (Å²) < 4.78 is 0. The van der Waals surface area contributed by atoms with Crippen molar-refractivity contribution < 1.29 is 4.79 Å². The summed E-state index contributed by atoms with van der Waals surface area (Å²) in [5.74, 6) is -0.0183. The van der Waals surface area contributed by atoms with Crippen LogP contribution in [0.3, 0.4) is 0 Å². The van der Waals surface area contributed by atoms with Gasteiger partial charge in [0.2, 0.25) is 0 Å². The second kappa shape index (κ2) is 6.26. The molecule has 0 spiro atoms. The fourth-order valence-corrected chi connectivity index (χ4v) is 2.90. The van der Waals surface area contributed by atoms with E-state index in [1.54, 1.807) is 12.1 Å². The number of carbonyl (C=O) groups is 1. The van der Waals surface area contributed by atoms with E-state index in [0.29, 0.717) is 29.1 Å². The first-order chi connectivity index (χ1) is 9.11. The van der Waals surface area contributed by atoms with Crippen molar-refractivity contribution in [3.05, 3.63) is 28.8 Å². The predicted molar refractivity (Wildman–Crippen MR) is 78.4 cm³/mol. The number of primary amides is 1. The van der Waals surface area contributed by atoms with Crippen molar-refractivity contribution in [3.63, 3.8) is 0 Å². The van der Waals surface area contributed by atoms with E-state index in [4.69, 9.17) is 23.1 Å². The maximum absolute atomic E-state index is 11.5. The molecular weight excluding hydrogens is 262 g/mol. The molecule has 0 aromatic heterocycles. The van der Waals surface area contributed by atoms with Gasteiger partial charge in [0.05, 0.1) is 5.56 Å². The Bertz CT molecular complexity index is 464.